The number of hydrogen-bond donors (Lipinski definition) is 4. The zero-order valence-electron chi connectivity index (χ0n) is 12.1. The zero-order valence-corrected chi connectivity index (χ0v) is 12.1. The molecule has 0 spiro atoms. The normalized spacial score (nSPS) is 15.9. The van der Waals surface area contributed by atoms with Gasteiger partial charge in [0.25, 0.3) is 0 Å². The molecule has 1 aromatic carbocycles. The van der Waals surface area contributed by atoms with E-state index in [9.17, 15) is 9.90 Å². The number of H-pyrrole nitrogens is 1. The zero-order chi connectivity index (χ0) is 14.9. The topological polar surface area (TPSA) is 90.0 Å². The van der Waals surface area contributed by atoms with Crippen molar-refractivity contribution in [2.45, 2.75) is 26.3 Å². The fraction of sp³-hybridized carbons (Fsp3) is 0.467. The molecule has 0 bridgehead atoms. The number of nitrogens with one attached hydrogen (secondary N) is 3. The fourth-order valence-corrected chi connectivity index (χ4v) is 2.37. The van der Waals surface area contributed by atoms with E-state index >= 15 is 0 Å². The SMILES string of the molecule is Cc1cccc2[nH]c(CNC(=O)NCC3(CO)CC3)nc12. The smallest absolute Gasteiger partial charge is 0.315 e. The fourth-order valence-electron chi connectivity index (χ4n) is 2.37. The summed E-state index contributed by atoms with van der Waals surface area (Å²) >= 11 is 0. The van der Waals surface area contributed by atoms with Crippen LogP contribution in [0.2, 0.25) is 0 Å². The summed E-state index contributed by atoms with van der Waals surface area (Å²) in [6.45, 7) is 3.02. The lowest BCUT2D eigenvalue weighted by Gasteiger charge is -2.12. The van der Waals surface area contributed by atoms with E-state index in [1.807, 2.05) is 25.1 Å². The van der Waals surface area contributed by atoms with Crippen LogP contribution in [0.15, 0.2) is 18.2 Å². The second-order valence-electron chi connectivity index (χ2n) is 5.85. The molecular formula is C15H20N4O2. The molecule has 21 heavy (non-hydrogen) atoms. The second-order valence-corrected chi connectivity index (χ2v) is 5.85. The molecule has 0 radical (unpaired) electrons. The standard InChI is InChI=1S/C15H20N4O2/c1-10-3-2-4-11-13(10)19-12(18-11)7-16-14(21)17-8-15(9-20)5-6-15/h2-4,20H,5-9H2,1H3,(H,18,19)(H2,16,17,21). The molecule has 6 heteroatoms. The number of aliphatic hydroxyl groups excluding tert-OH is 1. The van der Waals surface area contributed by atoms with Gasteiger partial charge in [-0.2, -0.15) is 0 Å². The number of carbonyl (C=O) groups excluding carboxylic acids is 1. The van der Waals surface area contributed by atoms with Gasteiger partial charge < -0.3 is 20.7 Å². The number of imidazole rings is 1. The number of aryl methyl sites for hydroxylation is 1. The number of amides is 2. The molecule has 1 fully saturated rings. The van der Waals surface area contributed by atoms with Gasteiger partial charge in [0.2, 0.25) is 0 Å². The first-order valence-electron chi connectivity index (χ1n) is 7.19. The minimum atomic E-state index is -0.230. The van der Waals surface area contributed by atoms with Crippen LogP contribution in [0.3, 0.4) is 0 Å². The van der Waals surface area contributed by atoms with Gasteiger partial charge in [-0.15, -0.1) is 0 Å². The number of urea groups is 1. The summed E-state index contributed by atoms with van der Waals surface area (Å²) in [4.78, 5) is 19.4. The molecule has 0 saturated heterocycles. The number of rotatable bonds is 5. The van der Waals surface area contributed by atoms with Crippen LogP contribution in [0.25, 0.3) is 11.0 Å². The summed E-state index contributed by atoms with van der Waals surface area (Å²) in [5.41, 5.74) is 2.95. The van der Waals surface area contributed by atoms with Crippen molar-refractivity contribution in [3.8, 4) is 0 Å². The van der Waals surface area contributed by atoms with Crippen LogP contribution in [0, 0.1) is 12.3 Å². The van der Waals surface area contributed by atoms with E-state index in [2.05, 4.69) is 20.6 Å². The second kappa shape index (κ2) is 5.37. The molecule has 1 aromatic heterocycles. The van der Waals surface area contributed by atoms with Crippen LogP contribution < -0.4 is 10.6 Å². The van der Waals surface area contributed by atoms with E-state index in [1.165, 1.54) is 0 Å². The van der Waals surface area contributed by atoms with Crippen molar-refractivity contribution >= 4 is 17.1 Å². The number of benzene rings is 1. The molecule has 1 heterocycles. The number of aliphatic hydroxyl groups is 1. The summed E-state index contributed by atoms with van der Waals surface area (Å²) in [6.07, 6.45) is 1.96. The predicted molar refractivity (Wildman–Crippen MR) is 79.8 cm³/mol. The van der Waals surface area contributed by atoms with E-state index < -0.39 is 0 Å². The average molecular weight is 288 g/mol. The van der Waals surface area contributed by atoms with Crippen LogP contribution in [-0.2, 0) is 6.54 Å². The monoisotopic (exact) mass is 288 g/mol. The third kappa shape index (κ3) is 3.00. The van der Waals surface area contributed by atoms with E-state index in [4.69, 9.17) is 0 Å². The molecule has 0 atom stereocenters. The molecule has 0 unspecified atom stereocenters. The Hall–Kier alpha value is -2.08. The maximum absolute atomic E-state index is 11.7. The number of hydrogen-bond acceptors (Lipinski definition) is 3. The molecule has 112 valence electrons. The molecule has 4 N–H and O–H groups in total. The van der Waals surface area contributed by atoms with Crippen molar-refractivity contribution in [1.29, 1.82) is 0 Å². The van der Waals surface area contributed by atoms with E-state index in [-0.39, 0.29) is 18.1 Å². The lowest BCUT2D eigenvalue weighted by molar-refractivity contribution is 0.203. The first-order chi connectivity index (χ1) is 10.1. The van der Waals surface area contributed by atoms with Gasteiger partial charge in [-0.1, -0.05) is 12.1 Å². The van der Waals surface area contributed by atoms with Crippen LogP contribution in [-0.4, -0.2) is 34.3 Å². The van der Waals surface area contributed by atoms with Crippen LogP contribution in [0.5, 0.6) is 0 Å². The molecule has 2 aromatic rings. The molecule has 2 amide bonds. The Bertz CT molecular complexity index is 661. The van der Waals surface area contributed by atoms with Crippen LogP contribution in [0.4, 0.5) is 4.79 Å². The Morgan fingerprint density at radius 1 is 1.43 bits per heavy atom. The van der Waals surface area contributed by atoms with Gasteiger partial charge in [-0.05, 0) is 31.4 Å². The number of aromatic amines is 1. The lowest BCUT2D eigenvalue weighted by Crippen LogP contribution is -2.39. The van der Waals surface area contributed by atoms with E-state index in [0.717, 1.165) is 35.3 Å². The summed E-state index contributed by atoms with van der Waals surface area (Å²) < 4.78 is 0. The van der Waals surface area contributed by atoms with Crippen LogP contribution >= 0.6 is 0 Å². The summed E-state index contributed by atoms with van der Waals surface area (Å²) in [7, 11) is 0. The van der Waals surface area contributed by atoms with Gasteiger partial charge >= 0.3 is 6.03 Å². The number of nitrogens with zero attached hydrogens (tertiary/aromatic N) is 1. The molecule has 6 nitrogen and oxygen atoms in total. The minimum absolute atomic E-state index is 0.0756. The molecular weight excluding hydrogens is 268 g/mol. The van der Waals surface area contributed by atoms with E-state index in [1.54, 1.807) is 0 Å². The Morgan fingerprint density at radius 3 is 2.90 bits per heavy atom. The summed E-state index contributed by atoms with van der Waals surface area (Å²) in [5, 5.41) is 14.8. The Kier molecular flexibility index (Phi) is 3.55. The number of para-hydroxylation sites is 1. The quantitative estimate of drug-likeness (QED) is 0.671. The highest BCUT2D eigenvalue weighted by Gasteiger charge is 2.42. The van der Waals surface area contributed by atoms with Crippen molar-refractivity contribution < 1.29 is 9.90 Å². The third-order valence-electron chi connectivity index (χ3n) is 4.10. The largest absolute Gasteiger partial charge is 0.396 e. The van der Waals surface area contributed by atoms with Crippen LogP contribution in [0.1, 0.15) is 24.2 Å². The van der Waals surface area contributed by atoms with Gasteiger partial charge in [0.05, 0.1) is 24.2 Å². The molecule has 0 aliphatic heterocycles. The summed E-state index contributed by atoms with van der Waals surface area (Å²) in [6, 6.07) is 5.73. The Labute approximate surface area is 123 Å². The van der Waals surface area contributed by atoms with Gasteiger partial charge in [0.1, 0.15) is 5.82 Å². The molecule has 1 aliphatic carbocycles. The predicted octanol–water partition coefficient (Wildman–Crippen LogP) is 1.44. The number of aromatic nitrogens is 2. The summed E-state index contributed by atoms with van der Waals surface area (Å²) in [5.74, 6) is 0.734. The first-order valence-corrected chi connectivity index (χ1v) is 7.19. The van der Waals surface area contributed by atoms with Crippen molar-refractivity contribution in [2.24, 2.45) is 5.41 Å². The van der Waals surface area contributed by atoms with Gasteiger partial charge in [0, 0.05) is 12.0 Å². The highest BCUT2D eigenvalue weighted by Crippen LogP contribution is 2.44. The average Bonchev–Trinajstić information content (AvgIpc) is 3.15. The molecule has 3 rings (SSSR count). The lowest BCUT2D eigenvalue weighted by atomic mass is 10.1. The third-order valence-corrected chi connectivity index (χ3v) is 4.10. The first kappa shape index (κ1) is 13.9. The van der Waals surface area contributed by atoms with Crippen molar-refractivity contribution in [1.82, 2.24) is 20.6 Å². The number of carbonyl (C=O) groups is 1. The van der Waals surface area contributed by atoms with Crippen molar-refractivity contribution in [2.75, 3.05) is 13.2 Å². The van der Waals surface area contributed by atoms with Crippen molar-refractivity contribution in [3.63, 3.8) is 0 Å². The Balaban J connectivity index is 1.54. The highest BCUT2D eigenvalue weighted by molar-refractivity contribution is 5.78. The van der Waals surface area contributed by atoms with Gasteiger partial charge in [-0.3, -0.25) is 0 Å². The molecule has 1 aliphatic rings. The minimum Gasteiger partial charge on any atom is -0.396 e. The maximum Gasteiger partial charge on any atom is 0.315 e. The van der Waals surface area contributed by atoms with Gasteiger partial charge in [-0.25, -0.2) is 9.78 Å². The molecule has 1 saturated carbocycles. The maximum atomic E-state index is 11.7. The van der Waals surface area contributed by atoms with Crippen molar-refractivity contribution in [3.05, 3.63) is 29.6 Å². The highest BCUT2D eigenvalue weighted by atomic mass is 16.3. The van der Waals surface area contributed by atoms with E-state index in [0.29, 0.717) is 13.1 Å². The number of fused-ring (bicyclic) bond motifs is 1. The van der Waals surface area contributed by atoms with Gasteiger partial charge in [0.15, 0.2) is 0 Å². The Morgan fingerprint density at radius 2 is 2.24 bits per heavy atom.